The van der Waals surface area contributed by atoms with Crippen molar-refractivity contribution in [2.45, 2.75) is 0 Å². The Kier molecular flexibility index (Phi) is 3.89. The van der Waals surface area contributed by atoms with Gasteiger partial charge in [0, 0.05) is 39.8 Å². The minimum absolute atomic E-state index is 0.243. The number of H-pyrrole nitrogens is 2. The van der Waals surface area contributed by atoms with Gasteiger partial charge in [0.25, 0.3) is 0 Å². The van der Waals surface area contributed by atoms with Crippen molar-refractivity contribution in [1.82, 2.24) is 25.1 Å². The van der Waals surface area contributed by atoms with E-state index in [1.807, 2.05) is 54.6 Å². The number of aromatic amines is 2. The van der Waals surface area contributed by atoms with Crippen molar-refractivity contribution >= 4 is 21.9 Å². The van der Waals surface area contributed by atoms with Crippen LogP contribution < -0.4 is 0 Å². The Morgan fingerprint density at radius 2 is 1.65 bits per heavy atom. The van der Waals surface area contributed by atoms with Crippen LogP contribution in [0.15, 0.2) is 85.2 Å². The fraction of sp³-hybridized carbons (Fsp3) is 0. The van der Waals surface area contributed by atoms with Crippen LogP contribution in [0.3, 0.4) is 0 Å². The summed E-state index contributed by atoms with van der Waals surface area (Å²) >= 11 is 0. The number of aromatic nitrogens is 5. The van der Waals surface area contributed by atoms with E-state index in [1.54, 1.807) is 24.5 Å². The van der Waals surface area contributed by atoms with Gasteiger partial charge in [-0.25, -0.2) is 9.37 Å². The number of rotatable bonds is 3. The number of hydrogen-bond donors (Lipinski definition) is 2. The Labute approximate surface area is 176 Å². The maximum atomic E-state index is 14.5. The molecule has 6 aromatic rings. The van der Waals surface area contributed by atoms with Gasteiger partial charge < -0.3 is 4.98 Å². The number of hydrogen-bond acceptors (Lipinski definition) is 3. The highest BCUT2D eigenvalue weighted by molar-refractivity contribution is 6.01. The Morgan fingerprint density at radius 1 is 0.774 bits per heavy atom. The molecule has 0 amide bonds. The first-order chi connectivity index (χ1) is 15.3. The molecular weight excluding hydrogens is 389 g/mol. The zero-order valence-corrected chi connectivity index (χ0v) is 16.3. The molecule has 0 radical (unpaired) electrons. The Balaban J connectivity index is 1.53. The minimum atomic E-state index is -0.243. The van der Waals surface area contributed by atoms with E-state index in [9.17, 15) is 4.39 Å². The van der Waals surface area contributed by atoms with Crippen LogP contribution in [0.4, 0.5) is 4.39 Å². The smallest absolute Gasteiger partial charge is 0.155 e. The SMILES string of the molecule is Fc1ccccc1-c1cccc2[nH]c(-c3n[nH]c4ncc(-c5ccccn5)cc34)cc12. The molecule has 0 aliphatic heterocycles. The summed E-state index contributed by atoms with van der Waals surface area (Å²) in [5.41, 5.74) is 6.39. The van der Waals surface area contributed by atoms with E-state index in [1.165, 1.54) is 6.07 Å². The fourth-order valence-electron chi connectivity index (χ4n) is 3.98. The molecule has 5 nitrogen and oxygen atoms in total. The molecule has 6 rings (SSSR count). The van der Waals surface area contributed by atoms with Crippen LogP contribution in [-0.2, 0) is 0 Å². The van der Waals surface area contributed by atoms with Crippen molar-refractivity contribution in [1.29, 1.82) is 0 Å². The molecule has 0 bridgehead atoms. The molecular formula is C25H16FN5. The third-order valence-electron chi connectivity index (χ3n) is 5.46. The summed E-state index contributed by atoms with van der Waals surface area (Å²) in [6, 6.07) is 22.5. The van der Waals surface area contributed by atoms with Gasteiger partial charge in [-0.2, -0.15) is 5.10 Å². The van der Waals surface area contributed by atoms with E-state index in [-0.39, 0.29) is 5.82 Å². The Hall–Kier alpha value is -4.32. The largest absolute Gasteiger partial charge is 0.353 e. The number of nitrogens with one attached hydrogen (secondary N) is 2. The monoisotopic (exact) mass is 405 g/mol. The predicted molar refractivity (Wildman–Crippen MR) is 120 cm³/mol. The molecule has 0 unspecified atom stereocenters. The van der Waals surface area contributed by atoms with Crippen LogP contribution in [0, 0.1) is 5.82 Å². The maximum Gasteiger partial charge on any atom is 0.155 e. The van der Waals surface area contributed by atoms with Crippen molar-refractivity contribution in [2.24, 2.45) is 0 Å². The van der Waals surface area contributed by atoms with Crippen molar-refractivity contribution in [2.75, 3.05) is 0 Å². The molecule has 148 valence electrons. The molecule has 2 aromatic carbocycles. The quantitative estimate of drug-likeness (QED) is 0.381. The summed E-state index contributed by atoms with van der Waals surface area (Å²) in [6.07, 6.45) is 3.55. The van der Waals surface area contributed by atoms with E-state index in [0.29, 0.717) is 11.2 Å². The zero-order chi connectivity index (χ0) is 20.8. The van der Waals surface area contributed by atoms with Gasteiger partial charge in [-0.05, 0) is 42.0 Å². The highest BCUT2D eigenvalue weighted by Gasteiger charge is 2.16. The van der Waals surface area contributed by atoms with Crippen molar-refractivity contribution < 1.29 is 4.39 Å². The lowest BCUT2D eigenvalue weighted by molar-refractivity contribution is 0.631. The Bertz CT molecular complexity index is 1550. The first-order valence-corrected chi connectivity index (χ1v) is 9.90. The van der Waals surface area contributed by atoms with Crippen LogP contribution >= 0.6 is 0 Å². The summed E-state index contributed by atoms with van der Waals surface area (Å²) < 4.78 is 14.5. The summed E-state index contributed by atoms with van der Waals surface area (Å²) in [5.74, 6) is -0.243. The molecule has 0 aliphatic rings. The van der Waals surface area contributed by atoms with Crippen LogP contribution in [0.2, 0.25) is 0 Å². The molecule has 0 aliphatic carbocycles. The molecule has 0 saturated heterocycles. The first kappa shape index (κ1) is 17.5. The van der Waals surface area contributed by atoms with Crippen LogP contribution in [0.1, 0.15) is 0 Å². The van der Waals surface area contributed by atoms with Crippen LogP contribution in [-0.4, -0.2) is 25.1 Å². The van der Waals surface area contributed by atoms with Crippen molar-refractivity contribution in [3.05, 3.63) is 91.0 Å². The number of benzene rings is 2. The summed E-state index contributed by atoms with van der Waals surface area (Å²) in [4.78, 5) is 12.4. The molecule has 0 saturated carbocycles. The van der Waals surface area contributed by atoms with Gasteiger partial charge in [-0.3, -0.25) is 10.1 Å². The number of pyridine rings is 2. The van der Waals surface area contributed by atoms with Gasteiger partial charge in [0.1, 0.15) is 11.5 Å². The number of halogens is 1. The van der Waals surface area contributed by atoms with E-state index in [0.717, 1.165) is 44.5 Å². The number of fused-ring (bicyclic) bond motifs is 2. The molecule has 0 fully saturated rings. The maximum absolute atomic E-state index is 14.5. The second-order valence-electron chi connectivity index (χ2n) is 7.34. The van der Waals surface area contributed by atoms with E-state index >= 15 is 0 Å². The van der Waals surface area contributed by atoms with Gasteiger partial charge in [-0.15, -0.1) is 0 Å². The third kappa shape index (κ3) is 2.88. The average Bonchev–Trinajstić information content (AvgIpc) is 3.43. The van der Waals surface area contributed by atoms with Gasteiger partial charge in [0.05, 0.1) is 11.4 Å². The molecule has 6 heteroatoms. The van der Waals surface area contributed by atoms with Crippen molar-refractivity contribution in [3.63, 3.8) is 0 Å². The summed E-state index contributed by atoms with van der Waals surface area (Å²) in [5, 5.41) is 9.33. The van der Waals surface area contributed by atoms with E-state index < -0.39 is 0 Å². The molecule has 31 heavy (non-hydrogen) atoms. The highest BCUT2D eigenvalue weighted by atomic mass is 19.1. The van der Waals surface area contributed by atoms with Crippen LogP contribution in [0.25, 0.3) is 55.7 Å². The lowest BCUT2D eigenvalue weighted by atomic mass is 10.0. The lowest BCUT2D eigenvalue weighted by Gasteiger charge is -2.04. The second kappa shape index (κ2) is 6.88. The lowest BCUT2D eigenvalue weighted by Crippen LogP contribution is -1.85. The first-order valence-electron chi connectivity index (χ1n) is 9.90. The van der Waals surface area contributed by atoms with E-state index in [2.05, 4.69) is 25.1 Å². The van der Waals surface area contributed by atoms with Gasteiger partial charge in [0.2, 0.25) is 0 Å². The van der Waals surface area contributed by atoms with Crippen LogP contribution in [0.5, 0.6) is 0 Å². The summed E-state index contributed by atoms with van der Waals surface area (Å²) in [7, 11) is 0. The molecule has 0 spiro atoms. The molecule has 4 aromatic heterocycles. The topological polar surface area (TPSA) is 70.2 Å². The molecule has 4 heterocycles. The Morgan fingerprint density at radius 3 is 2.52 bits per heavy atom. The van der Waals surface area contributed by atoms with E-state index in [4.69, 9.17) is 0 Å². The zero-order valence-electron chi connectivity index (χ0n) is 16.3. The minimum Gasteiger partial charge on any atom is -0.353 e. The fourth-order valence-corrected chi connectivity index (χ4v) is 3.98. The summed E-state index contributed by atoms with van der Waals surface area (Å²) in [6.45, 7) is 0. The second-order valence-corrected chi connectivity index (χ2v) is 7.34. The standard InChI is InChI=1S/C25H16FN5/c26-20-8-2-1-6-17(20)16-7-5-10-22-18(16)13-23(29-22)24-19-12-15(14-28-25(19)31-30-24)21-9-3-4-11-27-21/h1-14,29H,(H,28,30,31). The normalized spacial score (nSPS) is 11.4. The van der Waals surface area contributed by atoms with Gasteiger partial charge in [0.15, 0.2) is 5.65 Å². The predicted octanol–water partition coefficient (Wildman–Crippen LogP) is 5.97. The molecule has 2 N–H and O–H groups in total. The highest BCUT2D eigenvalue weighted by Crippen LogP contribution is 2.35. The average molecular weight is 405 g/mol. The molecule has 0 atom stereocenters. The number of nitrogens with zero attached hydrogens (tertiary/aromatic N) is 3. The third-order valence-corrected chi connectivity index (χ3v) is 5.46. The van der Waals surface area contributed by atoms with Gasteiger partial charge >= 0.3 is 0 Å². The van der Waals surface area contributed by atoms with Crippen molar-refractivity contribution in [3.8, 4) is 33.8 Å². The van der Waals surface area contributed by atoms with Gasteiger partial charge in [-0.1, -0.05) is 36.4 Å².